The number of nitrogens with zero attached hydrogens (tertiary/aromatic N) is 3. The maximum atomic E-state index is 4.61. The Hall–Kier alpha value is -1.03. The van der Waals surface area contributed by atoms with Crippen LogP contribution in [0.5, 0.6) is 0 Å². The lowest BCUT2D eigenvalue weighted by atomic mass is 10.0. The van der Waals surface area contributed by atoms with Gasteiger partial charge < -0.3 is 14.8 Å². The van der Waals surface area contributed by atoms with Crippen molar-refractivity contribution in [3.8, 4) is 0 Å². The van der Waals surface area contributed by atoms with Crippen LogP contribution in [0.3, 0.4) is 0 Å². The maximum Gasteiger partial charge on any atom is 0.203 e. The molecule has 1 aromatic rings. The van der Waals surface area contributed by atoms with E-state index in [-0.39, 0.29) is 0 Å². The molecule has 3 rings (SSSR count). The van der Waals surface area contributed by atoms with Crippen molar-refractivity contribution in [1.29, 1.82) is 0 Å². The molecule has 1 saturated carbocycles. The van der Waals surface area contributed by atoms with Gasteiger partial charge in [0, 0.05) is 24.8 Å². The molecule has 4 heteroatoms. The molecule has 0 radical (unpaired) electrons. The first-order chi connectivity index (χ1) is 8.72. The van der Waals surface area contributed by atoms with Gasteiger partial charge >= 0.3 is 0 Å². The summed E-state index contributed by atoms with van der Waals surface area (Å²) in [4.78, 5) is 7.11. The maximum absolute atomic E-state index is 4.61. The second-order valence-corrected chi connectivity index (χ2v) is 5.91. The molecule has 2 fully saturated rings. The quantitative estimate of drug-likeness (QED) is 0.887. The zero-order valence-electron chi connectivity index (χ0n) is 11.5. The fourth-order valence-corrected chi connectivity index (χ4v) is 2.81. The summed E-state index contributed by atoms with van der Waals surface area (Å²) in [5.41, 5.74) is 1.12. The highest BCUT2D eigenvalue weighted by Crippen LogP contribution is 2.25. The van der Waals surface area contributed by atoms with Crippen LogP contribution >= 0.6 is 0 Å². The third-order valence-electron chi connectivity index (χ3n) is 4.14. The predicted octanol–water partition coefficient (Wildman–Crippen LogP) is 2.25. The molecule has 18 heavy (non-hydrogen) atoms. The highest BCUT2D eigenvalue weighted by atomic mass is 15.2. The van der Waals surface area contributed by atoms with E-state index in [4.69, 9.17) is 0 Å². The van der Waals surface area contributed by atoms with Gasteiger partial charge in [-0.15, -0.1) is 0 Å². The molecule has 1 unspecified atom stereocenters. The van der Waals surface area contributed by atoms with Crippen molar-refractivity contribution in [2.75, 3.05) is 18.9 Å². The molecule has 2 aliphatic rings. The summed E-state index contributed by atoms with van der Waals surface area (Å²) in [6.07, 6.45) is 8.82. The van der Waals surface area contributed by atoms with E-state index in [9.17, 15) is 0 Å². The van der Waals surface area contributed by atoms with Gasteiger partial charge in [0.15, 0.2) is 0 Å². The highest BCUT2D eigenvalue weighted by Gasteiger charge is 2.25. The Kier molecular flexibility index (Phi) is 3.29. The molecule has 100 valence electrons. The second kappa shape index (κ2) is 4.92. The van der Waals surface area contributed by atoms with Gasteiger partial charge in [0.1, 0.15) is 0 Å². The van der Waals surface area contributed by atoms with Gasteiger partial charge in [0.25, 0.3) is 0 Å². The number of hydrogen-bond donors (Lipinski definition) is 1. The minimum atomic E-state index is 0.673. The van der Waals surface area contributed by atoms with Crippen molar-refractivity contribution in [3.05, 3.63) is 11.9 Å². The molecular weight excluding hydrogens is 224 g/mol. The highest BCUT2D eigenvalue weighted by molar-refractivity contribution is 5.32. The number of rotatable bonds is 4. The fraction of sp³-hybridized carbons (Fsp3) is 0.786. The lowest BCUT2D eigenvalue weighted by Gasteiger charge is -2.32. The lowest BCUT2D eigenvalue weighted by Crippen LogP contribution is -2.39. The van der Waals surface area contributed by atoms with Crippen molar-refractivity contribution in [2.24, 2.45) is 0 Å². The number of likely N-dealkylation sites (tertiary alicyclic amines) is 1. The minimum Gasteiger partial charge on any atom is -0.353 e. The van der Waals surface area contributed by atoms with Gasteiger partial charge in [-0.05, 0) is 46.2 Å². The number of aryl methyl sites for hydroxylation is 1. The molecule has 0 bridgehead atoms. The zero-order chi connectivity index (χ0) is 12.5. The van der Waals surface area contributed by atoms with Gasteiger partial charge in [0.2, 0.25) is 5.95 Å². The van der Waals surface area contributed by atoms with E-state index in [2.05, 4.69) is 39.9 Å². The molecule has 4 nitrogen and oxygen atoms in total. The van der Waals surface area contributed by atoms with E-state index >= 15 is 0 Å². The molecule has 1 N–H and O–H groups in total. The number of imidazole rings is 1. The van der Waals surface area contributed by atoms with Crippen LogP contribution in [0.25, 0.3) is 0 Å². The molecule has 1 atom stereocenters. The van der Waals surface area contributed by atoms with Gasteiger partial charge in [-0.1, -0.05) is 6.42 Å². The third-order valence-corrected chi connectivity index (χ3v) is 4.14. The number of aromatic nitrogens is 2. The summed E-state index contributed by atoms with van der Waals surface area (Å²) in [5, 5.41) is 3.54. The third kappa shape index (κ3) is 2.69. The van der Waals surface area contributed by atoms with Crippen molar-refractivity contribution >= 4 is 5.95 Å². The lowest BCUT2D eigenvalue weighted by molar-refractivity contribution is 0.168. The molecule has 1 aliphatic heterocycles. The normalized spacial score (nSPS) is 25.3. The molecule has 1 aromatic heterocycles. The molecule has 0 spiro atoms. The second-order valence-electron chi connectivity index (χ2n) is 5.91. The molecule has 1 aliphatic carbocycles. The van der Waals surface area contributed by atoms with Crippen LogP contribution in [0.2, 0.25) is 0 Å². The number of hydrogen-bond acceptors (Lipinski definition) is 3. The average Bonchev–Trinajstić information content (AvgIpc) is 3.07. The van der Waals surface area contributed by atoms with Crippen LogP contribution in [-0.4, -0.2) is 40.1 Å². The summed E-state index contributed by atoms with van der Waals surface area (Å²) in [5.74, 6) is 1.08. The summed E-state index contributed by atoms with van der Waals surface area (Å²) in [6, 6.07) is 1.35. The molecule has 2 heterocycles. The van der Waals surface area contributed by atoms with Gasteiger partial charge in [-0.25, -0.2) is 4.98 Å². The van der Waals surface area contributed by atoms with E-state index in [1.807, 2.05) is 0 Å². The average molecular weight is 248 g/mol. The largest absolute Gasteiger partial charge is 0.353 e. The van der Waals surface area contributed by atoms with Crippen molar-refractivity contribution in [3.63, 3.8) is 0 Å². The SMILES string of the molecule is Cc1cn(CC2CCCCN2C)c(NC2CC2)n1. The number of anilines is 1. The van der Waals surface area contributed by atoms with Crippen LogP contribution in [0.4, 0.5) is 5.95 Å². The van der Waals surface area contributed by atoms with Crippen molar-refractivity contribution in [1.82, 2.24) is 14.5 Å². The summed E-state index contributed by atoms with van der Waals surface area (Å²) < 4.78 is 2.32. The topological polar surface area (TPSA) is 33.1 Å². The Morgan fingerprint density at radius 1 is 1.33 bits per heavy atom. The first-order valence-electron chi connectivity index (χ1n) is 7.23. The Morgan fingerprint density at radius 2 is 2.17 bits per heavy atom. The molecule has 0 amide bonds. The molecular formula is C14H24N4. The van der Waals surface area contributed by atoms with Crippen LogP contribution in [0.1, 0.15) is 37.8 Å². The number of likely N-dealkylation sites (N-methyl/N-ethyl adjacent to an activating group) is 1. The Morgan fingerprint density at radius 3 is 2.89 bits per heavy atom. The Balaban J connectivity index is 1.70. The number of nitrogens with one attached hydrogen (secondary N) is 1. The Bertz CT molecular complexity index is 408. The van der Waals surface area contributed by atoms with Crippen LogP contribution in [0.15, 0.2) is 6.20 Å². The van der Waals surface area contributed by atoms with E-state index in [1.54, 1.807) is 0 Å². The van der Waals surface area contributed by atoms with Crippen molar-refractivity contribution in [2.45, 2.75) is 57.7 Å². The van der Waals surface area contributed by atoms with E-state index in [0.29, 0.717) is 12.1 Å². The first kappa shape index (κ1) is 12.0. The summed E-state index contributed by atoms with van der Waals surface area (Å²) >= 11 is 0. The fourth-order valence-electron chi connectivity index (χ4n) is 2.81. The van der Waals surface area contributed by atoms with Crippen LogP contribution < -0.4 is 5.32 Å². The van der Waals surface area contributed by atoms with Crippen LogP contribution in [0, 0.1) is 6.92 Å². The Labute approximate surface area is 109 Å². The summed E-state index contributed by atoms with van der Waals surface area (Å²) in [6.45, 7) is 4.40. The van der Waals surface area contributed by atoms with Crippen LogP contribution in [-0.2, 0) is 6.54 Å². The van der Waals surface area contributed by atoms with Gasteiger partial charge in [0.05, 0.1) is 5.69 Å². The molecule has 0 aromatic carbocycles. The van der Waals surface area contributed by atoms with E-state index in [0.717, 1.165) is 18.2 Å². The van der Waals surface area contributed by atoms with E-state index in [1.165, 1.54) is 38.6 Å². The van der Waals surface area contributed by atoms with Gasteiger partial charge in [-0.2, -0.15) is 0 Å². The smallest absolute Gasteiger partial charge is 0.203 e. The van der Waals surface area contributed by atoms with Crippen molar-refractivity contribution < 1.29 is 0 Å². The number of piperidine rings is 1. The van der Waals surface area contributed by atoms with Gasteiger partial charge in [-0.3, -0.25) is 0 Å². The standard InChI is InChI=1S/C14H24N4/c1-11-9-18(14(15-11)16-12-6-7-12)10-13-5-3-4-8-17(13)2/h9,12-13H,3-8,10H2,1-2H3,(H,15,16). The minimum absolute atomic E-state index is 0.673. The predicted molar refractivity (Wildman–Crippen MR) is 73.9 cm³/mol. The zero-order valence-corrected chi connectivity index (χ0v) is 11.5. The summed E-state index contributed by atoms with van der Waals surface area (Å²) in [7, 11) is 2.25. The first-order valence-corrected chi connectivity index (χ1v) is 7.23. The molecule has 1 saturated heterocycles. The van der Waals surface area contributed by atoms with E-state index < -0.39 is 0 Å². The monoisotopic (exact) mass is 248 g/mol.